The summed E-state index contributed by atoms with van der Waals surface area (Å²) >= 11 is 0. The first-order valence-corrected chi connectivity index (χ1v) is 14.2. The molecule has 1 aromatic heterocycles. The van der Waals surface area contributed by atoms with Gasteiger partial charge in [-0.25, -0.2) is 13.2 Å². The molecule has 3 aromatic rings. The van der Waals surface area contributed by atoms with Crippen molar-refractivity contribution in [3.8, 4) is 5.75 Å². The molecular formula is C27H35N5O4S. The van der Waals surface area contributed by atoms with Gasteiger partial charge >= 0.3 is 6.03 Å². The molecule has 0 radical (unpaired) electrons. The van der Waals surface area contributed by atoms with E-state index in [0.29, 0.717) is 51.6 Å². The number of carbonyl (C=O) groups is 1. The third-order valence-corrected chi connectivity index (χ3v) is 8.28. The zero-order valence-corrected chi connectivity index (χ0v) is 22.3. The first kappa shape index (κ1) is 26.8. The van der Waals surface area contributed by atoms with E-state index < -0.39 is 10.0 Å². The van der Waals surface area contributed by atoms with Gasteiger partial charge in [-0.2, -0.15) is 4.31 Å². The van der Waals surface area contributed by atoms with Crippen molar-refractivity contribution in [1.82, 2.24) is 19.5 Å². The Hall–Kier alpha value is -3.21. The maximum absolute atomic E-state index is 13.1. The largest absolute Gasteiger partial charge is 0.494 e. The monoisotopic (exact) mass is 525 g/mol. The number of rotatable bonds is 10. The molecule has 1 saturated heterocycles. The third kappa shape index (κ3) is 6.97. The lowest BCUT2D eigenvalue weighted by molar-refractivity contribution is 0.189. The Labute approximate surface area is 218 Å². The fourth-order valence-corrected chi connectivity index (χ4v) is 5.71. The van der Waals surface area contributed by atoms with Crippen molar-refractivity contribution in [2.24, 2.45) is 0 Å². The van der Waals surface area contributed by atoms with Gasteiger partial charge in [0.15, 0.2) is 0 Å². The molecule has 2 N–H and O–H groups in total. The summed E-state index contributed by atoms with van der Waals surface area (Å²) in [6, 6.07) is 15.9. The topological polar surface area (TPSA) is 104 Å². The summed E-state index contributed by atoms with van der Waals surface area (Å²) in [6.45, 7) is 7.75. The van der Waals surface area contributed by atoms with E-state index in [4.69, 9.17) is 4.74 Å². The van der Waals surface area contributed by atoms with Crippen LogP contribution in [0.15, 0.2) is 59.5 Å². The van der Waals surface area contributed by atoms with E-state index in [2.05, 4.69) is 27.4 Å². The first-order valence-electron chi connectivity index (χ1n) is 12.7. The van der Waals surface area contributed by atoms with Gasteiger partial charge in [-0.3, -0.25) is 9.88 Å². The summed E-state index contributed by atoms with van der Waals surface area (Å²) in [5, 5.41) is 6.71. The van der Waals surface area contributed by atoms with Gasteiger partial charge in [0.1, 0.15) is 5.75 Å². The summed E-state index contributed by atoms with van der Waals surface area (Å²) in [7, 11) is -3.55. The van der Waals surface area contributed by atoms with Crippen molar-refractivity contribution in [3.63, 3.8) is 0 Å². The number of urea groups is 1. The molecule has 1 fully saturated rings. The average molecular weight is 526 g/mol. The van der Waals surface area contributed by atoms with Gasteiger partial charge in [-0.1, -0.05) is 31.5 Å². The predicted molar refractivity (Wildman–Crippen MR) is 146 cm³/mol. The molecule has 2 amide bonds. The van der Waals surface area contributed by atoms with Crippen LogP contribution in [0.3, 0.4) is 0 Å². The number of hydrogen-bond acceptors (Lipinski definition) is 6. The number of pyridine rings is 1. The Kier molecular flexibility index (Phi) is 8.96. The van der Waals surface area contributed by atoms with Gasteiger partial charge in [0.25, 0.3) is 0 Å². The molecule has 198 valence electrons. The minimum atomic E-state index is -3.55. The highest BCUT2D eigenvalue weighted by atomic mass is 32.2. The number of nitrogens with zero attached hydrogens (tertiary/aromatic N) is 3. The van der Waals surface area contributed by atoms with Crippen molar-refractivity contribution in [2.45, 2.75) is 31.6 Å². The summed E-state index contributed by atoms with van der Waals surface area (Å²) in [6.07, 6.45) is 2.01. The van der Waals surface area contributed by atoms with Gasteiger partial charge in [-0.05, 0) is 49.7 Å². The molecule has 0 aliphatic carbocycles. The van der Waals surface area contributed by atoms with Crippen LogP contribution in [0.25, 0.3) is 10.9 Å². The van der Waals surface area contributed by atoms with E-state index in [9.17, 15) is 13.2 Å². The second-order valence-corrected chi connectivity index (χ2v) is 11.1. The second-order valence-electron chi connectivity index (χ2n) is 9.13. The van der Waals surface area contributed by atoms with Gasteiger partial charge in [0.05, 0.1) is 22.7 Å². The number of aryl methyl sites for hydroxylation is 1. The fourth-order valence-electron chi connectivity index (χ4n) is 4.29. The van der Waals surface area contributed by atoms with E-state index >= 15 is 0 Å². The van der Waals surface area contributed by atoms with Gasteiger partial charge < -0.3 is 15.4 Å². The predicted octanol–water partition coefficient (Wildman–Crippen LogP) is 3.85. The highest BCUT2D eigenvalue weighted by Crippen LogP contribution is 2.23. The lowest BCUT2D eigenvalue weighted by Gasteiger charge is -2.34. The average Bonchev–Trinajstić information content (AvgIpc) is 2.89. The van der Waals surface area contributed by atoms with Gasteiger partial charge in [0, 0.05) is 50.3 Å². The zero-order chi connectivity index (χ0) is 26.3. The lowest BCUT2D eigenvalue weighted by atomic mass is 10.1. The van der Waals surface area contributed by atoms with Crippen LogP contribution < -0.4 is 15.4 Å². The van der Waals surface area contributed by atoms with E-state index in [0.717, 1.165) is 35.1 Å². The van der Waals surface area contributed by atoms with Crippen molar-refractivity contribution in [2.75, 3.05) is 51.2 Å². The number of para-hydroxylation sites is 1. The first-order chi connectivity index (χ1) is 17.9. The Bertz CT molecular complexity index is 1310. The van der Waals surface area contributed by atoms with Crippen molar-refractivity contribution >= 4 is 32.6 Å². The quantitative estimate of drug-likeness (QED) is 0.390. The van der Waals surface area contributed by atoms with Crippen molar-refractivity contribution in [3.05, 3.63) is 60.3 Å². The van der Waals surface area contributed by atoms with E-state index in [1.807, 2.05) is 37.3 Å². The highest BCUT2D eigenvalue weighted by molar-refractivity contribution is 7.89. The Balaban J connectivity index is 1.22. The van der Waals surface area contributed by atoms with E-state index in [1.165, 1.54) is 4.31 Å². The number of anilines is 1. The molecule has 0 saturated carbocycles. The molecule has 37 heavy (non-hydrogen) atoms. The number of hydrogen-bond donors (Lipinski definition) is 2. The minimum Gasteiger partial charge on any atom is -0.494 e. The maximum atomic E-state index is 13.1. The van der Waals surface area contributed by atoms with Gasteiger partial charge in [-0.15, -0.1) is 0 Å². The van der Waals surface area contributed by atoms with Crippen LogP contribution in [0.2, 0.25) is 0 Å². The minimum absolute atomic E-state index is 0.279. The van der Waals surface area contributed by atoms with Crippen LogP contribution in [0, 0.1) is 6.92 Å². The number of piperazine rings is 1. The standard InChI is InChI=1S/C27H35N5O4S/c1-3-4-19-36-22-9-11-23(12-10-22)37(34,35)32-17-15-31(16-18-32)14-13-28-27(33)30-26-20-21(2)29-25-8-6-5-7-24(25)26/h5-12,20H,3-4,13-19H2,1-2H3,(H2,28,29,30,33). The molecule has 2 aromatic carbocycles. The zero-order valence-electron chi connectivity index (χ0n) is 21.4. The molecule has 9 nitrogen and oxygen atoms in total. The SMILES string of the molecule is CCCCOc1ccc(S(=O)(=O)N2CCN(CCNC(=O)Nc3cc(C)nc4ccccc34)CC2)cc1. The highest BCUT2D eigenvalue weighted by Gasteiger charge is 2.28. The van der Waals surface area contributed by atoms with Crippen LogP contribution in [-0.2, 0) is 10.0 Å². The number of nitrogens with one attached hydrogen (secondary N) is 2. The van der Waals surface area contributed by atoms with E-state index in [1.54, 1.807) is 24.3 Å². The second kappa shape index (κ2) is 12.4. The molecule has 0 bridgehead atoms. The summed E-state index contributed by atoms with van der Waals surface area (Å²) in [5.41, 5.74) is 2.39. The Morgan fingerprint density at radius 1 is 1.05 bits per heavy atom. The van der Waals surface area contributed by atoms with Crippen LogP contribution in [0.4, 0.5) is 10.5 Å². The number of ether oxygens (including phenoxy) is 1. The molecular weight excluding hydrogens is 490 g/mol. The molecule has 10 heteroatoms. The maximum Gasteiger partial charge on any atom is 0.319 e. The van der Waals surface area contributed by atoms with Crippen LogP contribution in [-0.4, -0.2) is 74.5 Å². The summed E-state index contributed by atoms with van der Waals surface area (Å²) < 4.78 is 33.3. The van der Waals surface area contributed by atoms with Crippen LogP contribution >= 0.6 is 0 Å². The van der Waals surface area contributed by atoms with Crippen molar-refractivity contribution in [1.29, 1.82) is 0 Å². The lowest BCUT2D eigenvalue weighted by Crippen LogP contribution is -2.50. The van der Waals surface area contributed by atoms with Crippen LogP contribution in [0.1, 0.15) is 25.5 Å². The summed E-state index contributed by atoms with van der Waals surface area (Å²) in [5.74, 6) is 0.681. The molecule has 0 spiro atoms. The fraction of sp³-hybridized carbons (Fsp3) is 0.407. The molecule has 4 rings (SSSR count). The molecule has 0 atom stereocenters. The van der Waals surface area contributed by atoms with E-state index in [-0.39, 0.29) is 10.9 Å². The number of fused-ring (bicyclic) bond motifs is 1. The smallest absolute Gasteiger partial charge is 0.319 e. The number of aromatic nitrogens is 1. The Morgan fingerprint density at radius 3 is 2.51 bits per heavy atom. The molecule has 0 unspecified atom stereocenters. The Morgan fingerprint density at radius 2 is 1.78 bits per heavy atom. The molecule has 1 aliphatic heterocycles. The number of carbonyl (C=O) groups excluding carboxylic acids is 1. The number of sulfonamides is 1. The van der Waals surface area contributed by atoms with Crippen LogP contribution in [0.5, 0.6) is 5.75 Å². The molecule has 2 heterocycles. The van der Waals surface area contributed by atoms with Crippen molar-refractivity contribution < 1.29 is 17.9 Å². The number of amides is 2. The normalized spacial score (nSPS) is 15.0. The third-order valence-electron chi connectivity index (χ3n) is 6.37. The van der Waals surface area contributed by atoms with Gasteiger partial charge in [0.2, 0.25) is 10.0 Å². The number of benzene rings is 2. The molecule has 1 aliphatic rings. The summed E-state index contributed by atoms with van der Waals surface area (Å²) in [4.78, 5) is 19.4. The number of unbranched alkanes of at least 4 members (excludes halogenated alkanes) is 1.